The van der Waals surface area contributed by atoms with Gasteiger partial charge in [0.2, 0.25) is 5.43 Å². The zero-order chi connectivity index (χ0) is 29.6. The number of aromatic hydroxyl groups is 1. The highest BCUT2D eigenvalue weighted by molar-refractivity contribution is 8.02. The normalized spacial score (nSPS) is 25.7. The number of ether oxygens (including phenoxy) is 1. The van der Waals surface area contributed by atoms with Crippen LogP contribution in [0.4, 0.5) is 8.78 Å². The number of hydrogen-bond acceptors (Lipinski definition) is 6. The predicted octanol–water partition coefficient (Wildman–Crippen LogP) is 2.77. The van der Waals surface area contributed by atoms with Gasteiger partial charge in [-0.25, -0.2) is 8.78 Å². The van der Waals surface area contributed by atoms with Gasteiger partial charge in [-0.15, -0.1) is 11.8 Å². The zero-order valence-electron chi connectivity index (χ0n) is 22.6. The number of piperidine rings is 1. The van der Waals surface area contributed by atoms with E-state index in [1.807, 2.05) is 0 Å². The first-order valence-electron chi connectivity index (χ1n) is 13.8. The fourth-order valence-corrected chi connectivity index (χ4v) is 8.29. The van der Waals surface area contributed by atoms with E-state index in [0.717, 1.165) is 36.7 Å². The maximum Gasteiger partial charge on any atom is 0.278 e. The smallest absolute Gasteiger partial charge is 0.278 e. The minimum atomic E-state index is -1.92. The third-order valence-corrected chi connectivity index (χ3v) is 10.4. The van der Waals surface area contributed by atoms with Crippen LogP contribution in [0.5, 0.6) is 5.75 Å². The molecule has 4 aliphatic heterocycles. The van der Waals surface area contributed by atoms with E-state index in [9.17, 15) is 19.1 Å². The van der Waals surface area contributed by atoms with Crippen molar-refractivity contribution < 1.29 is 23.4 Å². The largest absolute Gasteiger partial charge is 0.502 e. The molecule has 0 unspecified atom stereocenters. The molecule has 6 radical (unpaired) electrons. The van der Waals surface area contributed by atoms with Gasteiger partial charge in [-0.2, -0.15) is 0 Å². The van der Waals surface area contributed by atoms with Crippen LogP contribution in [0.25, 0.3) is 0 Å². The standard InChI is InChI=1S/C29H24B3F2N3O4S/c30-28(16-3-1-2-4-20(16)42-29(31,32)22-17(28)5-6-18(33)23(22)34)37-21-15-27(9-13-41-14-10-27)8-12-35(21)26(40)24-25(39)19(38)7-11-36(24)37/h1-7,11,21,39H,8-10,12-15H2/t21-,28+/m1/s1. The van der Waals surface area contributed by atoms with Gasteiger partial charge < -0.3 is 14.7 Å². The molecule has 13 heteroatoms. The Balaban J connectivity index is 1.57. The molecule has 3 aromatic rings. The molecule has 4 aliphatic rings. The van der Waals surface area contributed by atoms with E-state index < -0.39 is 44.9 Å². The first kappa shape index (κ1) is 27.6. The zero-order valence-corrected chi connectivity index (χ0v) is 23.4. The SMILES string of the molecule is [B]C1([B])Sc2ccccc2[C@]([B])(N2[C@@H]3CC4(CCOCC4)CCN3C(=O)c3c(O)c(=O)ccn32)c2ccc(F)c(F)c21. The highest BCUT2D eigenvalue weighted by atomic mass is 32.2. The maximum absolute atomic E-state index is 15.8. The molecule has 2 atom stereocenters. The number of carbonyl (C=O) groups excluding carboxylic acids is 1. The van der Waals surface area contributed by atoms with Crippen LogP contribution in [0.3, 0.4) is 0 Å². The Morgan fingerprint density at radius 2 is 1.71 bits per heavy atom. The molecule has 2 aromatic carbocycles. The summed E-state index contributed by atoms with van der Waals surface area (Å²) in [4.78, 5) is 28.7. The maximum atomic E-state index is 15.8. The van der Waals surface area contributed by atoms with Crippen molar-refractivity contribution in [2.45, 2.75) is 46.7 Å². The average Bonchev–Trinajstić information content (AvgIpc) is 3.03. The number of benzene rings is 2. The Bertz CT molecular complexity index is 1700. The van der Waals surface area contributed by atoms with Crippen molar-refractivity contribution in [3.05, 3.63) is 92.9 Å². The molecule has 0 aliphatic carbocycles. The van der Waals surface area contributed by atoms with E-state index in [1.165, 1.54) is 16.9 Å². The second-order valence-electron chi connectivity index (χ2n) is 11.6. The Hall–Kier alpha value is -3.18. The minimum Gasteiger partial charge on any atom is -0.502 e. The fourth-order valence-electron chi connectivity index (χ4n) is 7.15. The molecule has 2 fully saturated rings. The summed E-state index contributed by atoms with van der Waals surface area (Å²) < 4.78 is 35.7. The van der Waals surface area contributed by atoms with Crippen molar-refractivity contribution in [2.24, 2.45) is 5.41 Å². The van der Waals surface area contributed by atoms with Crippen molar-refractivity contribution in [2.75, 3.05) is 24.8 Å². The van der Waals surface area contributed by atoms with Gasteiger partial charge >= 0.3 is 0 Å². The third-order valence-electron chi connectivity index (χ3n) is 9.28. The Labute approximate surface area is 249 Å². The number of carbonyl (C=O) groups is 1. The van der Waals surface area contributed by atoms with Crippen LogP contribution >= 0.6 is 11.8 Å². The second kappa shape index (κ2) is 9.41. The molecule has 2 saturated heterocycles. The van der Waals surface area contributed by atoms with E-state index >= 15 is 4.39 Å². The van der Waals surface area contributed by atoms with Crippen LogP contribution < -0.4 is 10.4 Å². The van der Waals surface area contributed by atoms with E-state index in [-0.39, 0.29) is 22.2 Å². The van der Waals surface area contributed by atoms with Crippen molar-refractivity contribution in [1.82, 2.24) is 9.58 Å². The van der Waals surface area contributed by atoms with Gasteiger partial charge in [0, 0.05) is 36.9 Å². The number of thioether (sulfide) groups is 1. The van der Waals surface area contributed by atoms with Crippen LogP contribution in [0.1, 0.15) is 52.9 Å². The summed E-state index contributed by atoms with van der Waals surface area (Å²) >= 11 is 0.942. The molecule has 1 N–H and O–H groups in total. The number of pyridine rings is 1. The van der Waals surface area contributed by atoms with E-state index in [1.54, 1.807) is 34.2 Å². The molecule has 42 heavy (non-hydrogen) atoms. The number of aromatic nitrogens is 1. The Morgan fingerprint density at radius 1 is 0.976 bits per heavy atom. The highest BCUT2D eigenvalue weighted by Crippen LogP contribution is 2.54. The molecular weight excluding hydrogens is 557 g/mol. The number of hydrogen-bond donors (Lipinski definition) is 1. The van der Waals surface area contributed by atoms with E-state index in [2.05, 4.69) is 0 Å². The summed E-state index contributed by atoms with van der Waals surface area (Å²) in [7, 11) is 20.6. The minimum absolute atomic E-state index is 0.0916. The highest BCUT2D eigenvalue weighted by Gasteiger charge is 2.55. The lowest BCUT2D eigenvalue weighted by atomic mass is 9.58. The summed E-state index contributed by atoms with van der Waals surface area (Å²) in [5, 5.41) is 12.6. The van der Waals surface area contributed by atoms with Gasteiger partial charge in [-0.3, -0.25) is 19.3 Å². The van der Waals surface area contributed by atoms with Gasteiger partial charge in [0.1, 0.15) is 14.0 Å². The fraction of sp³-hybridized carbons (Fsp3) is 0.379. The van der Waals surface area contributed by atoms with Gasteiger partial charge in [0.25, 0.3) is 5.91 Å². The summed E-state index contributed by atoms with van der Waals surface area (Å²) in [5.74, 6) is -3.62. The van der Waals surface area contributed by atoms with Gasteiger partial charge in [-0.1, -0.05) is 24.3 Å². The monoisotopic (exact) mass is 581 g/mol. The van der Waals surface area contributed by atoms with Crippen molar-refractivity contribution >= 4 is 41.2 Å². The molecule has 1 amide bonds. The summed E-state index contributed by atoms with van der Waals surface area (Å²) in [6.07, 6.45) is 3.40. The number of rotatable bonds is 1. The van der Waals surface area contributed by atoms with Gasteiger partial charge in [0.05, 0.1) is 21.1 Å². The summed E-state index contributed by atoms with van der Waals surface area (Å²) in [6, 6.07) is 10.5. The van der Waals surface area contributed by atoms with Crippen LogP contribution in [0, 0.1) is 17.0 Å². The molecule has 208 valence electrons. The molecule has 7 rings (SSSR count). The lowest BCUT2D eigenvalue weighted by molar-refractivity contribution is -0.0441. The Morgan fingerprint density at radius 3 is 2.48 bits per heavy atom. The Kier molecular flexibility index (Phi) is 6.19. The van der Waals surface area contributed by atoms with Crippen molar-refractivity contribution in [3.8, 4) is 5.75 Å². The van der Waals surface area contributed by atoms with Gasteiger partial charge in [-0.05, 0) is 64.5 Å². The van der Waals surface area contributed by atoms with Crippen LogP contribution in [0.15, 0.2) is 58.4 Å². The van der Waals surface area contributed by atoms with Gasteiger partial charge in [0.15, 0.2) is 23.1 Å². The first-order valence-corrected chi connectivity index (χ1v) is 14.6. The van der Waals surface area contributed by atoms with Crippen LogP contribution in [0.2, 0.25) is 0 Å². The molecule has 1 spiro atoms. The van der Waals surface area contributed by atoms with E-state index in [0.29, 0.717) is 43.1 Å². The van der Waals surface area contributed by atoms with Crippen molar-refractivity contribution in [3.63, 3.8) is 0 Å². The number of amides is 1. The number of halogens is 2. The second-order valence-corrected chi connectivity index (χ2v) is 12.9. The molecule has 7 nitrogen and oxygen atoms in total. The number of nitrogens with zero attached hydrogens (tertiary/aromatic N) is 3. The first-order chi connectivity index (χ1) is 20.0. The van der Waals surface area contributed by atoms with Crippen LogP contribution in [-0.2, 0) is 14.7 Å². The molecular formula is C29H24B3F2N3O4S. The molecule has 5 heterocycles. The summed E-state index contributed by atoms with van der Waals surface area (Å²) in [6.45, 7) is 1.49. The lowest BCUT2D eigenvalue weighted by Gasteiger charge is -2.59. The molecule has 0 saturated carbocycles. The summed E-state index contributed by atoms with van der Waals surface area (Å²) in [5.41, 5.74) is -2.73. The lowest BCUT2D eigenvalue weighted by Crippen LogP contribution is -2.71. The van der Waals surface area contributed by atoms with Crippen molar-refractivity contribution in [1.29, 1.82) is 0 Å². The van der Waals surface area contributed by atoms with Crippen LogP contribution in [-0.4, -0.2) is 70.1 Å². The average molecular weight is 581 g/mol. The molecule has 0 bridgehead atoms. The molecule has 1 aromatic heterocycles. The quantitative estimate of drug-likeness (QED) is 0.446. The third kappa shape index (κ3) is 3.78. The number of fused-ring (bicyclic) bond motifs is 4. The van der Waals surface area contributed by atoms with E-state index in [4.69, 9.17) is 28.3 Å². The topological polar surface area (TPSA) is 75.0 Å². The predicted molar refractivity (Wildman–Crippen MR) is 156 cm³/mol.